The normalized spacial score (nSPS) is 16.1. The minimum Gasteiger partial charge on any atom is -0.481 e. The molecular weight excluding hydrogens is 573 g/mol. The number of alkyl halides is 1. The average molecular weight is 600 g/mol. The third kappa shape index (κ3) is 6.03. The summed E-state index contributed by atoms with van der Waals surface area (Å²) in [5, 5.41) is 12.2. The van der Waals surface area contributed by atoms with Crippen LogP contribution in [0.1, 0.15) is 29.3 Å². The van der Waals surface area contributed by atoms with Gasteiger partial charge in [0.15, 0.2) is 11.5 Å². The number of anilines is 1. The number of urea groups is 1. The topological polar surface area (TPSA) is 158 Å². The fraction of sp³-hybridized carbons (Fsp3) is 0.370. The van der Waals surface area contributed by atoms with Crippen LogP contribution in [0.3, 0.4) is 0 Å². The number of carboxylic acids is 1. The van der Waals surface area contributed by atoms with E-state index < -0.39 is 41.6 Å². The lowest BCUT2D eigenvalue weighted by atomic mass is 9.99. The number of amides is 4. The predicted molar refractivity (Wildman–Crippen MR) is 149 cm³/mol. The van der Waals surface area contributed by atoms with Crippen LogP contribution in [-0.2, 0) is 22.7 Å². The van der Waals surface area contributed by atoms with Gasteiger partial charge in [0.2, 0.25) is 5.91 Å². The summed E-state index contributed by atoms with van der Waals surface area (Å²) >= 11 is 5.92. The van der Waals surface area contributed by atoms with Crippen molar-refractivity contribution in [3.63, 3.8) is 0 Å². The van der Waals surface area contributed by atoms with Gasteiger partial charge >= 0.3 is 12.0 Å². The Labute approximate surface area is 243 Å². The number of likely N-dealkylation sites (tertiary alicyclic amines) is 1. The van der Waals surface area contributed by atoms with E-state index in [2.05, 4.69) is 15.3 Å². The molecule has 2 fully saturated rings. The number of benzene rings is 1. The SMILES string of the molecule is CC1(F)CN(C(=O)Cn2c(=O)c(C(=O)NCc3ccc(Cl)cc3)cc3nc(N4CCN(CCC(=O)O)C4=O)cnc32)C1. The fourth-order valence-electron chi connectivity index (χ4n) is 4.85. The maximum atomic E-state index is 14.0. The van der Waals surface area contributed by atoms with Crippen molar-refractivity contribution in [2.75, 3.05) is 37.6 Å². The second-order valence-corrected chi connectivity index (χ2v) is 10.9. The Morgan fingerprint density at radius 2 is 1.86 bits per heavy atom. The molecule has 0 unspecified atom stereocenters. The van der Waals surface area contributed by atoms with E-state index >= 15 is 0 Å². The summed E-state index contributed by atoms with van der Waals surface area (Å²) in [5.74, 6) is -2.15. The second-order valence-electron chi connectivity index (χ2n) is 10.4. The lowest BCUT2D eigenvalue weighted by molar-refractivity contribution is -0.144. The zero-order valence-electron chi connectivity index (χ0n) is 22.5. The summed E-state index contributed by atoms with van der Waals surface area (Å²) in [6, 6.07) is 7.55. The molecule has 2 aliphatic heterocycles. The summed E-state index contributed by atoms with van der Waals surface area (Å²) in [6.07, 6.45) is 1.06. The molecular formula is C27H27ClFN7O6. The van der Waals surface area contributed by atoms with Gasteiger partial charge < -0.3 is 20.2 Å². The summed E-state index contributed by atoms with van der Waals surface area (Å²) in [7, 11) is 0. The van der Waals surface area contributed by atoms with Crippen LogP contribution in [0.15, 0.2) is 41.3 Å². The van der Waals surface area contributed by atoms with Crippen molar-refractivity contribution in [1.29, 1.82) is 0 Å². The Kier molecular flexibility index (Phi) is 7.82. The monoisotopic (exact) mass is 599 g/mol. The molecule has 0 spiro atoms. The van der Waals surface area contributed by atoms with Crippen molar-refractivity contribution in [1.82, 2.24) is 29.7 Å². The van der Waals surface area contributed by atoms with E-state index in [9.17, 15) is 28.4 Å². The van der Waals surface area contributed by atoms with Crippen molar-refractivity contribution in [3.8, 4) is 0 Å². The van der Waals surface area contributed by atoms with Gasteiger partial charge in [0, 0.05) is 31.2 Å². The number of carbonyl (C=O) groups is 4. The lowest BCUT2D eigenvalue weighted by Crippen LogP contribution is -2.60. The highest BCUT2D eigenvalue weighted by atomic mass is 35.5. The third-order valence-corrected chi connectivity index (χ3v) is 7.30. The molecule has 2 aromatic heterocycles. The number of hydrogen-bond acceptors (Lipinski definition) is 7. The van der Waals surface area contributed by atoms with Gasteiger partial charge in [-0.05, 0) is 30.7 Å². The number of aromatic nitrogens is 3. The molecule has 0 atom stereocenters. The molecule has 2 saturated heterocycles. The molecule has 220 valence electrons. The summed E-state index contributed by atoms with van der Waals surface area (Å²) < 4.78 is 15.1. The molecule has 1 aromatic carbocycles. The molecule has 15 heteroatoms. The lowest BCUT2D eigenvalue weighted by Gasteiger charge is -2.42. The number of nitrogens with zero attached hydrogens (tertiary/aromatic N) is 6. The van der Waals surface area contributed by atoms with Gasteiger partial charge in [0.1, 0.15) is 23.3 Å². The van der Waals surface area contributed by atoms with Crippen molar-refractivity contribution < 1.29 is 28.7 Å². The average Bonchev–Trinajstić information content (AvgIpc) is 3.30. The molecule has 4 heterocycles. The van der Waals surface area contributed by atoms with E-state index in [0.29, 0.717) is 5.02 Å². The molecule has 42 heavy (non-hydrogen) atoms. The number of rotatable bonds is 9. The second kappa shape index (κ2) is 11.4. The Balaban J connectivity index is 1.47. The maximum Gasteiger partial charge on any atom is 0.325 e. The molecule has 0 saturated carbocycles. The number of carboxylic acid groups (broad SMARTS) is 1. The molecule has 13 nitrogen and oxygen atoms in total. The van der Waals surface area contributed by atoms with Crippen LogP contribution < -0.4 is 15.8 Å². The standard InChI is InChI=1S/C27H27ClFN7O6/c1-27(29)14-34(15-27)21(37)13-36-23-19(10-18(25(36)41)24(40)31-11-16-2-4-17(28)5-3-16)32-20(12-30-23)35-9-8-33(26(35)42)7-6-22(38)39/h2-5,10,12H,6-9,11,13-15H2,1H3,(H,31,40)(H,38,39). The first-order chi connectivity index (χ1) is 19.9. The van der Waals surface area contributed by atoms with Crippen molar-refractivity contribution in [2.45, 2.75) is 32.1 Å². The van der Waals surface area contributed by atoms with Gasteiger partial charge in [0.25, 0.3) is 11.5 Å². The van der Waals surface area contributed by atoms with Gasteiger partial charge in [-0.1, -0.05) is 23.7 Å². The first-order valence-electron chi connectivity index (χ1n) is 13.1. The van der Waals surface area contributed by atoms with Crippen molar-refractivity contribution in [2.24, 2.45) is 0 Å². The highest BCUT2D eigenvalue weighted by molar-refractivity contribution is 6.30. The Hall–Kier alpha value is -4.59. The van der Waals surface area contributed by atoms with Crippen molar-refractivity contribution in [3.05, 3.63) is 63.0 Å². The maximum absolute atomic E-state index is 14.0. The molecule has 4 amide bonds. The fourth-order valence-corrected chi connectivity index (χ4v) is 4.97. The Bertz CT molecular complexity index is 1640. The van der Waals surface area contributed by atoms with E-state index in [1.807, 2.05) is 0 Å². The van der Waals surface area contributed by atoms with Crippen LogP contribution in [0.2, 0.25) is 5.02 Å². The van der Waals surface area contributed by atoms with E-state index in [4.69, 9.17) is 16.7 Å². The molecule has 3 aromatic rings. The molecule has 5 rings (SSSR count). The number of aliphatic carboxylic acids is 1. The van der Waals surface area contributed by atoms with E-state index in [1.165, 1.54) is 33.9 Å². The molecule has 0 aliphatic carbocycles. The zero-order chi connectivity index (χ0) is 30.2. The molecule has 2 aliphatic rings. The largest absolute Gasteiger partial charge is 0.481 e. The summed E-state index contributed by atoms with van der Waals surface area (Å²) in [6.45, 7) is 1.26. The highest BCUT2D eigenvalue weighted by Crippen LogP contribution is 2.25. The smallest absolute Gasteiger partial charge is 0.325 e. The Morgan fingerprint density at radius 1 is 1.14 bits per heavy atom. The number of nitrogens with one attached hydrogen (secondary N) is 1. The summed E-state index contributed by atoms with van der Waals surface area (Å²) in [4.78, 5) is 76.1. The molecule has 2 N–H and O–H groups in total. The van der Waals surface area contributed by atoms with Crippen LogP contribution in [-0.4, -0.2) is 91.6 Å². The van der Waals surface area contributed by atoms with Crippen LogP contribution in [0.5, 0.6) is 0 Å². The zero-order valence-corrected chi connectivity index (χ0v) is 23.3. The highest BCUT2D eigenvalue weighted by Gasteiger charge is 2.41. The van der Waals surface area contributed by atoms with Gasteiger partial charge in [-0.3, -0.25) is 28.6 Å². The van der Waals surface area contributed by atoms with Crippen LogP contribution in [0, 0.1) is 0 Å². The number of carbonyl (C=O) groups excluding carboxylic acids is 3. The number of hydrogen-bond donors (Lipinski definition) is 2. The molecule has 0 bridgehead atoms. The number of fused-ring (bicyclic) bond motifs is 1. The van der Waals surface area contributed by atoms with Crippen LogP contribution in [0.25, 0.3) is 11.2 Å². The first-order valence-corrected chi connectivity index (χ1v) is 13.5. The van der Waals surface area contributed by atoms with Gasteiger partial charge in [-0.2, -0.15) is 0 Å². The van der Waals surface area contributed by atoms with Gasteiger partial charge in [0.05, 0.1) is 25.7 Å². The summed E-state index contributed by atoms with van der Waals surface area (Å²) in [5.41, 5.74) is -1.78. The van der Waals surface area contributed by atoms with Crippen LogP contribution in [0.4, 0.5) is 15.0 Å². The van der Waals surface area contributed by atoms with Crippen LogP contribution >= 0.6 is 11.6 Å². The van der Waals surface area contributed by atoms with E-state index in [0.717, 1.165) is 10.1 Å². The number of pyridine rings is 1. The third-order valence-electron chi connectivity index (χ3n) is 7.04. The molecule has 0 radical (unpaired) electrons. The van der Waals surface area contributed by atoms with Crippen molar-refractivity contribution >= 4 is 52.4 Å². The minimum atomic E-state index is -1.51. The Morgan fingerprint density at radius 3 is 2.52 bits per heavy atom. The quantitative estimate of drug-likeness (QED) is 0.376. The van der Waals surface area contributed by atoms with E-state index in [1.54, 1.807) is 24.3 Å². The number of halogens is 2. The predicted octanol–water partition coefficient (Wildman–Crippen LogP) is 1.66. The van der Waals surface area contributed by atoms with E-state index in [-0.39, 0.29) is 68.2 Å². The van der Waals surface area contributed by atoms with Gasteiger partial charge in [-0.15, -0.1) is 0 Å². The first kappa shape index (κ1) is 28.9. The minimum absolute atomic E-state index is 0.00395. The van der Waals surface area contributed by atoms with Gasteiger partial charge in [-0.25, -0.2) is 19.2 Å².